The fraction of sp³-hybridized carbons (Fsp3) is 0.333. The van der Waals surface area contributed by atoms with E-state index in [-0.39, 0.29) is 25.1 Å². The number of carbonyl (C=O) groups is 1. The normalized spacial score (nSPS) is 17.9. The van der Waals surface area contributed by atoms with E-state index in [9.17, 15) is 9.18 Å². The van der Waals surface area contributed by atoms with Crippen molar-refractivity contribution < 1.29 is 23.5 Å². The molecule has 1 aliphatic heterocycles. The zero-order valence-corrected chi connectivity index (χ0v) is 20.6. The van der Waals surface area contributed by atoms with Gasteiger partial charge >= 0.3 is 0 Å². The number of pyridine rings is 1. The van der Waals surface area contributed by atoms with E-state index in [0.717, 1.165) is 13.4 Å². The predicted molar refractivity (Wildman–Crippen MR) is 124 cm³/mol. The summed E-state index contributed by atoms with van der Waals surface area (Å²) in [6.45, 7) is 4.33. The monoisotopic (exact) mass is 603 g/mol. The smallest absolute Gasteiger partial charge is 0.291 e. The van der Waals surface area contributed by atoms with Crippen LogP contribution in [0.5, 0.6) is 0 Å². The first-order valence-corrected chi connectivity index (χ1v) is 11.4. The number of ether oxygens (including phenoxy) is 2. The van der Waals surface area contributed by atoms with Gasteiger partial charge in [-0.25, -0.2) is 9.87 Å². The lowest BCUT2D eigenvalue weighted by molar-refractivity contribution is -0.147. The van der Waals surface area contributed by atoms with Gasteiger partial charge in [0, 0.05) is 25.2 Å². The lowest BCUT2D eigenvalue weighted by Gasteiger charge is -2.17. The van der Waals surface area contributed by atoms with Crippen LogP contribution in [0.3, 0.4) is 0 Å². The minimum absolute atomic E-state index is 0.145. The summed E-state index contributed by atoms with van der Waals surface area (Å²) in [6, 6.07) is 6.73. The Morgan fingerprint density at radius 2 is 2.23 bits per heavy atom. The van der Waals surface area contributed by atoms with Crippen molar-refractivity contribution >= 4 is 55.3 Å². The van der Waals surface area contributed by atoms with E-state index in [1.165, 1.54) is 6.07 Å². The SMILES string of the molecule is CC1(C)OC[C@H](CONC(=O)c2cc3c(Br)cncc3n2Cc2ccc(I)cc2F)O1. The molecule has 1 saturated heterocycles. The Hall–Kier alpha value is -1.60. The molecule has 0 spiro atoms. The van der Waals surface area contributed by atoms with Gasteiger partial charge in [-0.05, 0) is 70.6 Å². The van der Waals surface area contributed by atoms with Crippen LogP contribution in [0.1, 0.15) is 29.9 Å². The summed E-state index contributed by atoms with van der Waals surface area (Å²) in [5.74, 6) is -1.45. The number of amides is 1. The first kappa shape index (κ1) is 22.6. The van der Waals surface area contributed by atoms with E-state index >= 15 is 0 Å². The highest BCUT2D eigenvalue weighted by atomic mass is 127. The second kappa shape index (κ2) is 9.10. The van der Waals surface area contributed by atoms with Crippen molar-refractivity contribution in [2.45, 2.75) is 32.3 Å². The molecule has 0 bridgehead atoms. The molecule has 2 aromatic heterocycles. The molecule has 1 N–H and O–H groups in total. The van der Waals surface area contributed by atoms with Gasteiger partial charge in [0.25, 0.3) is 5.91 Å². The van der Waals surface area contributed by atoms with Crippen LogP contribution in [0.4, 0.5) is 4.39 Å². The van der Waals surface area contributed by atoms with Crippen molar-refractivity contribution in [2.24, 2.45) is 0 Å². The summed E-state index contributed by atoms with van der Waals surface area (Å²) in [5, 5.41) is 0.792. The van der Waals surface area contributed by atoms with Gasteiger partial charge in [-0.1, -0.05) is 6.07 Å². The Labute approximate surface area is 200 Å². The van der Waals surface area contributed by atoms with Gasteiger partial charge in [0.1, 0.15) is 24.2 Å². The third-order valence-corrected chi connectivity index (χ3v) is 6.16. The summed E-state index contributed by atoms with van der Waals surface area (Å²) in [6.07, 6.45) is 3.02. The Balaban J connectivity index is 1.57. The maximum Gasteiger partial charge on any atom is 0.291 e. The topological polar surface area (TPSA) is 74.6 Å². The molecule has 1 aliphatic rings. The van der Waals surface area contributed by atoms with Crippen LogP contribution in [0, 0.1) is 9.39 Å². The standard InChI is InChI=1S/C21H20BrFIN3O4/c1-21(2)29-10-14(31-21)11-30-26-20(28)18-6-15-16(22)7-25-8-19(15)27(18)9-12-3-4-13(24)5-17(12)23/h3-8,14H,9-11H2,1-2H3,(H,26,28)/t14-/m1/s1. The molecule has 3 aromatic rings. The molecule has 10 heteroatoms. The van der Waals surface area contributed by atoms with Gasteiger partial charge < -0.3 is 14.0 Å². The van der Waals surface area contributed by atoms with Crippen LogP contribution < -0.4 is 5.48 Å². The van der Waals surface area contributed by atoms with Gasteiger partial charge in [0.05, 0.1) is 24.9 Å². The highest BCUT2D eigenvalue weighted by Crippen LogP contribution is 2.28. The van der Waals surface area contributed by atoms with Crippen LogP contribution >= 0.6 is 38.5 Å². The fourth-order valence-corrected chi connectivity index (χ4v) is 4.30. The predicted octanol–water partition coefficient (Wildman–Crippen LogP) is 4.40. The van der Waals surface area contributed by atoms with Crippen molar-refractivity contribution in [1.82, 2.24) is 15.0 Å². The maximum absolute atomic E-state index is 14.5. The molecule has 31 heavy (non-hydrogen) atoms. The fourth-order valence-electron chi connectivity index (χ4n) is 3.41. The number of nitrogens with zero attached hydrogens (tertiary/aromatic N) is 2. The molecule has 0 aliphatic carbocycles. The van der Waals surface area contributed by atoms with Crippen molar-refractivity contribution in [2.75, 3.05) is 13.2 Å². The number of rotatable bonds is 6. The molecular weight excluding hydrogens is 584 g/mol. The van der Waals surface area contributed by atoms with E-state index < -0.39 is 11.7 Å². The average molecular weight is 604 g/mol. The van der Waals surface area contributed by atoms with Crippen LogP contribution in [0.25, 0.3) is 10.9 Å². The molecule has 1 atom stereocenters. The number of nitrogens with one attached hydrogen (secondary N) is 1. The highest BCUT2D eigenvalue weighted by molar-refractivity contribution is 14.1. The number of hydroxylamine groups is 1. The van der Waals surface area contributed by atoms with E-state index in [4.69, 9.17) is 14.3 Å². The zero-order chi connectivity index (χ0) is 22.2. The number of halogens is 3. The summed E-state index contributed by atoms with van der Waals surface area (Å²) in [4.78, 5) is 22.5. The molecule has 1 fully saturated rings. The van der Waals surface area contributed by atoms with Crippen molar-refractivity contribution in [3.8, 4) is 0 Å². The number of benzene rings is 1. The number of carbonyl (C=O) groups excluding carboxylic acids is 1. The molecule has 3 heterocycles. The van der Waals surface area contributed by atoms with Crippen molar-refractivity contribution in [3.05, 3.63) is 61.8 Å². The van der Waals surface area contributed by atoms with Gasteiger partial charge in [-0.2, -0.15) is 0 Å². The van der Waals surface area contributed by atoms with Gasteiger partial charge in [0.15, 0.2) is 5.79 Å². The number of fused-ring (bicyclic) bond motifs is 1. The molecule has 0 radical (unpaired) electrons. The molecule has 7 nitrogen and oxygen atoms in total. The lowest BCUT2D eigenvalue weighted by Crippen LogP contribution is -2.31. The Kier molecular flexibility index (Phi) is 6.63. The first-order chi connectivity index (χ1) is 14.7. The maximum atomic E-state index is 14.5. The van der Waals surface area contributed by atoms with Crippen LogP contribution in [-0.4, -0.2) is 40.6 Å². The van der Waals surface area contributed by atoms with Crippen molar-refractivity contribution in [1.29, 1.82) is 0 Å². The molecule has 0 unspecified atom stereocenters. The first-order valence-electron chi connectivity index (χ1n) is 9.54. The zero-order valence-electron chi connectivity index (χ0n) is 16.8. The Morgan fingerprint density at radius 3 is 2.94 bits per heavy atom. The minimum atomic E-state index is -0.665. The second-order valence-corrected chi connectivity index (χ2v) is 9.70. The highest BCUT2D eigenvalue weighted by Gasteiger charge is 2.33. The summed E-state index contributed by atoms with van der Waals surface area (Å²) < 4.78 is 28.9. The number of aromatic nitrogens is 2. The third kappa shape index (κ3) is 5.08. The van der Waals surface area contributed by atoms with Crippen LogP contribution in [0.2, 0.25) is 0 Å². The molecule has 1 aromatic carbocycles. The molecule has 4 rings (SSSR count). The third-order valence-electron chi connectivity index (χ3n) is 4.86. The largest absolute Gasteiger partial charge is 0.348 e. The van der Waals surface area contributed by atoms with Gasteiger partial charge in [-0.3, -0.25) is 14.6 Å². The molecule has 1 amide bonds. The van der Waals surface area contributed by atoms with E-state index in [0.29, 0.717) is 23.4 Å². The average Bonchev–Trinajstić information content (AvgIpc) is 3.25. The van der Waals surface area contributed by atoms with Crippen LogP contribution in [0.15, 0.2) is 41.1 Å². The number of hydrogen-bond acceptors (Lipinski definition) is 5. The van der Waals surface area contributed by atoms with Crippen LogP contribution in [-0.2, 0) is 20.9 Å². The van der Waals surface area contributed by atoms with E-state index in [1.54, 1.807) is 29.1 Å². The quantitative estimate of drug-likeness (QED) is 0.334. The summed E-state index contributed by atoms with van der Waals surface area (Å²) in [7, 11) is 0. The second-order valence-electron chi connectivity index (χ2n) is 7.60. The molecule has 164 valence electrons. The molecular formula is C21H20BrFIN3O4. The number of hydrogen-bond donors (Lipinski definition) is 1. The van der Waals surface area contributed by atoms with Gasteiger partial charge in [0.2, 0.25) is 0 Å². The summed E-state index contributed by atoms with van der Waals surface area (Å²) in [5.41, 5.74) is 3.95. The summed E-state index contributed by atoms with van der Waals surface area (Å²) >= 11 is 5.52. The van der Waals surface area contributed by atoms with E-state index in [2.05, 4.69) is 49.0 Å². The minimum Gasteiger partial charge on any atom is -0.348 e. The Bertz CT molecular complexity index is 1140. The Morgan fingerprint density at radius 1 is 1.42 bits per heavy atom. The lowest BCUT2D eigenvalue weighted by atomic mass is 10.2. The van der Waals surface area contributed by atoms with Crippen molar-refractivity contribution in [3.63, 3.8) is 0 Å². The van der Waals surface area contributed by atoms with E-state index in [1.807, 2.05) is 19.9 Å². The molecule has 0 saturated carbocycles. The van der Waals surface area contributed by atoms with Gasteiger partial charge in [-0.15, -0.1) is 0 Å².